The van der Waals surface area contributed by atoms with Gasteiger partial charge in [0.2, 0.25) is 17.7 Å². The number of hydrogen-bond acceptors (Lipinski definition) is 7. The van der Waals surface area contributed by atoms with E-state index in [0.717, 1.165) is 0 Å². The highest BCUT2D eigenvalue weighted by atomic mass is 32.2. The monoisotopic (exact) mass is 380 g/mol. The Morgan fingerprint density at radius 3 is 2.33 bits per heavy atom. The van der Waals surface area contributed by atoms with Crippen molar-refractivity contribution in [1.29, 1.82) is 0 Å². The topological polar surface area (TPSA) is 151 Å². The van der Waals surface area contributed by atoms with Crippen molar-refractivity contribution in [3.63, 3.8) is 0 Å². The standard InChI is InChI=1S/C13H24N4O5S2/c1-7(13(21)22)16-12(20)9(3-4-24-2)17-10(18)5-15-11(19)8(14)6-23/h7-9,23H,3-6,14H2,1-2H3,(H,15,19)(H,16,20)(H,17,18)(H,21,22). The maximum absolute atomic E-state index is 12.1. The Morgan fingerprint density at radius 2 is 1.83 bits per heavy atom. The molecule has 9 nitrogen and oxygen atoms in total. The average molecular weight is 380 g/mol. The average Bonchev–Trinajstić information content (AvgIpc) is 2.55. The number of nitrogens with two attached hydrogens (primary N) is 1. The zero-order valence-electron chi connectivity index (χ0n) is 13.6. The second-order valence-corrected chi connectivity index (χ2v) is 6.33. The molecule has 0 rings (SSSR count). The molecule has 0 aromatic heterocycles. The Bertz CT molecular complexity index is 464. The van der Waals surface area contributed by atoms with Crippen LogP contribution in [0.3, 0.4) is 0 Å². The summed E-state index contributed by atoms with van der Waals surface area (Å²) in [5.41, 5.74) is 5.46. The van der Waals surface area contributed by atoms with Gasteiger partial charge in [-0.3, -0.25) is 19.2 Å². The van der Waals surface area contributed by atoms with Crippen molar-refractivity contribution in [1.82, 2.24) is 16.0 Å². The third-order valence-electron chi connectivity index (χ3n) is 2.95. The molecule has 0 fully saturated rings. The number of thioether (sulfide) groups is 1. The molecule has 138 valence electrons. The number of carbonyl (C=O) groups is 4. The van der Waals surface area contributed by atoms with Crippen molar-refractivity contribution in [2.75, 3.05) is 24.3 Å². The van der Waals surface area contributed by atoms with E-state index in [1.165, 1.54) is 18.7 Å². The Balaban J connectivity index is 4.59. The minimum Gasteiger partial charge on any atom is -0.480 e. The van der Waals surface area contributed by atoms with E-state index in [1.807, 2.05) is 6.26 Å². The van der Waals surface area contributed by atoms with Gasteiger partial charge in [0.1, 0.15) is 12.1 Å². The van der Waals surface area contributed by atoms with Crippen LogP contribution in [0.4, 0.5) is 0 Å². The number of hydrogen-bond donors (Lipinski definition) is 6. The highest BCUT2D eigenvalue weighted by Gasteiger charge is 2.24. The van der Waals surface area contributed by atoms with Crippen LogP contribution in [0.1, 0.15) is 13.3 Å². The van der Waals surface area contributed by atoms with Crippen LogP contribution in [-0.4, -0.2) is 71.2 Å². The Morgan fingerprint density at radius 1 is 1.21 bits per heavy atom. The number of aliphatic carboxylic acids is 1. The third kappa shape index (κ3) is 8.99. The van der Waals surface area contributed by atoms with Gasteiger partial charge in [-0.1, -0.05) is 0 Å². The van der Waals surface area contributed by atoms with Crippen LogP contribution >= 0.6 is 24.4 Å². The number of thiol groups is 1. The lowest BCUT2D eigenvalue weighted by molar-refractivity contribution is -0.141. The second-order valence-electron chi connectivity index (χ2n) is 4.98. The van der Waals surface area contributed by atoms with Gasteiger partial charge in [-0.15, -0.1) is 0 Å². The first-order chi connectivity index (χ1) is 11.2. The lowest BCUT2D eigenvalue weighted by Crippen LogP contribution is -2.53. The molecule has 0 bridgehead atoms. The number of carboxylic acid groups (broad SMARTS) is 1. The molecule has 0 aliphatic rings. The van der Waals surface area contributed by atoms with Crippen LogP contribution in [0.15, 0.2) is 0 Å². The summed E-state index contributed by atoms with van der Waals surface area (Å²) in [6.45, 7) is 0.991. The molecule has 0 aromatic rings. The van der Waals surface area contributed by atoms with E-state index in [0.29, 0.717) is 12.2 Å². The molecule has 0 saturated heterocycles. The van der Waals surface area contributed by atoms with Gasteiger partial charge in [0.05, 0.1) is 12.6 Å². The van der Waals surface area contributed by atoms with Crippen molar-refractivity contribution in [3.8, 4) is 0 Å². The molecule has 24 heavy (non-hydrogen) atoms. The van der Waals surface area contributed by atoms with Crippen molar-refractivity contribution in [3.05, 3.63) is 0 Å². The lowest BCUT2D eigenvalue weighted by Gasteiger charge is -2.20. The summed E-state index contributed by atoms with van der Waals surface area (Å²) < 4.78 is 0. The highest BCUT2D eigenvalue weighted by Crippen LogP contribution is 2.02. The van der Waals surface area contributed by atoms with E-state index in [-0.39, 0.29) is 12.3 Å². The molecule has 0 saturated carbocycles. The minimum atomic E-state index is -1.17. The molecule has 3 unspecified atom stereocenters. The molecule has 0 aliphatic carbocycles. The van der Waals surface area contributed by atoms with E-state index in [9.17, 15) is 19.2 Å². The van der Waals surface area contributed by atoms with E-state index in [2.05, 4.69) is 28.6 Å². The summed E-state index contributed by atoms with van der Waals surface area (Å²) in [5.74, 6) is -2.13. The fourth-order valence-corrected chi connectivity index (χ4v) is 2.14. The summed E-state index contributed by atoms with van der Waals surface area (Å²) in [6, 6.07) is -2.78. The van der Waals surface area contributed by atoms with Crippen LogP contribution in [-0.2, 0) is 19.2 Å². The van der Waals surface area contributed by atoms with Crippen LogP contribution in [0.25, 0.3) is 0 Å². The molecular weight excluding hydrogens is 356 g/mol. The summed E-state index contributed by atoms with van der Waals surface area (Å²) in [7, 11) is 0. The fraction of sp³-hybridized carbons (Fsp3) is 0.692. The Hall–Kier alpha value is -1.46. The van der Waals surface area contributed by atoms with E-state index < -0.39 is 41.8 Å². The molecule has 3 atom stereocenters. The summed E-state index contributed by atoms with van der Waals surface area (Å²) in [5, 5.41) is 15.9. The Labute approximate surface area is 150 Å². The van der Waals surface area contributed by atoms with Gasteiger partial charge >= 0.3 is 5.97 Å². The molecule has 0 heterocycles. The number of nitrogens with one attached hydrogen (secondary N) is 3. The normalized spacial score (nSPS) is 14.2. The summed E-state index contributed by atoms with van der Waals surface area (Å²) in [6.07, 6.45) is 2.17. The van der Waals surface area contributed by atoms with Gasteiger partial charge < -0.3 is 26.8 Å². The fourth-order valence-electron chi connectivity index (χ4n) is 1.51. The van der Waals surface area contributed by atoms with E-state index in [1.54, 1.807) is 0 Å². The van der Waals surface area contributed by atoms with Crippen LogP contribution in [0, 0.1) is 0 Å². The minimum absolute atomic E-state index is 0.138. The van der Waals surface area contributed by atoms with Crippen molar-refractivity contribution < 1.29 is 24.3 Å². The molecule has 11 heteroatoms. The van der Waals surface area contributed by atoms with Crippen molar-refractivity contribution in [2.24, 2.45) is 5.73 Å². The molecule has 0 spiro atoms. The molecule has 0 radical (unpaired) electrons. The maximum Gasteiger partial charge on any atom is 0.325 e. The number of carboxylic acids is 1. The van der Waals surface area contributed by atoms with Gasteiger partial charge in [0.25, 0.3) is 0 Å². The van der Waals surface area contributed by atoms with Gasteiger partial charge in [-0.25, -0.2) is 0 Å². The van der Waals surface area contributed by atoms with Crippen LogP contribution < -0.4 is 21.7 Å². The highest BCUT2D eigenvalue weighted by molar-refractivity contribution is 7.98. The predicted molar refractivity (Wildman–Crippen MR) is 95.0 cm³/mol. The quantitative estimate of drug-likeness (QED) is 0.231. The molecule has 6 N–H and O–H groups in total. The zero-order chi connectivity index (χ0) is 18.7. The second kappa shape index (κ2) is 12.0. The van der Waals surface area contributed by atoms with Gasteiger partial charge in [0.15, 0.2) is 0 Å². The van der Waals surface area contributed by atoms with Gasteiger partial charge in [-0.2, -0.15) is 24.4 Å². The first-order valence-corrected chi connectivity index (χ1v) is 9.21. The maximum atomic E-state index is 12.1. The van der Waals surface area contributed by atoms with E-state index >= 15 is 0 Å². The SMILES string of the molecule is CSCCC(NC(=O)CNC(=O)C(N)CS)C(=O)NC(C)C(=O)O. The van der Waals surface area contributed by atoms with Gasteiger partial charge in [0, 0.05) is 5.75 Å². The number of rotatable bonds is 11. The summed E-state index contributed by atoms with van der Waals surface area (Å²) in [4.78, 5) is 46.2. The van der Waals surface area contributed by atoms with E-state index in [4.69, 9.17) is 10.8 Å². The summed E-state index contributed by atoms with van der Waals surface area (Å²) >= 11 is 5.36. The molecule has 0 aliphatic heterocycles. The molecular formula is C13H24N4O5S2. The zero-order valence-corrected chi connectivity index (χ0v) is 15.3. The first kappa shape index (κ1) is 22.5. The predicted octanol–water partition coefficient (Wildman–Crippen LogP) is -1.81. The number of carbonyl (C=O) groups excluding carboxylic acids is 3. The van der Waals surface area contributed by atoms with Gasteiger partial charge in [-0.05, 0) is 25.4 Å². The van der Waals surface area contributed by atoms with Crippen molar-refractivity contribution in [2.45, 2.75) is 31.5 Å². The van der Waals surface area contributed by atoms with Crippen LogP contribution in [0.2, 0.25) is 0 Å². The molecule has 3 amide bonds. The van der Waals surface area contributed by atoms with Crippen molar-refractivity contribution >= 4 is 48.1 Å². The smallest absolute Gasteiger partial charge is 0.325 e. The lowest BCUT2D eigenvalue weighted by atomic mass is 10.2. The molecule has 0 aromatic carbocycles. The largest absolute Gasteiger partial charge is 0.480 e. The Kier molecular flexibility index (Phi) is 11.3. The third-order valence-corrected chi connectivity index (χ3v) is 3.99. The number of amides is 3. The van der Waals surface area contributed by atoms with Crippen LogP contribution in [0.5, 0.6) is 0 Å². The first-order valence-electron chi connectivity index (χ1n) is 7.18.